The van der Waals surface area contributed by atoms with Crippen molar-refractivity contribution >= 4 is 17.3 Å². The molecular weight excluding hydrogens is 306 g/mol. The molecule has 1 unspecified atom stereocenters. The van der Waals surface area contributed by atoms with E-state index in [0.717, 1.165) is 18.1 Å². The van der Waals surface area contributed by atoms with Crippen LogP contribution in [0.15, 0.2) is 47.5 Å². The summed E-state index contributed by atoms with van der Waals surface area (Å²) in [5.74, 6) is 0.816. The molecule has 5 heteroatoms. The first-order chi connectivity index (χ1) is 11.2. The summed E-state index contributed by atoms with van der Waals surface area (Å²) in [6, 6.07) is 14.5. The predicted molar refractivity (Wildman–Crippen MR) is 98.1 cm³/mol. The van der Waals surface area contributed by atoms with Crippen molar-refractivity contribution in [1.82, 2.24) is 10.6 Å². The Labute approximate surface area is 142 Å². The van der Waals surface area contributed by atoms with Gasteiger partial charge in [0.1, 0.15) is 0 Å². The van der Waals surface area contributed by atoms with Gasteiger partial charge in [-0.3, -0.25) is 0 Å². The van der Waals surface area contributed by atoms with E-state index in [1.165, 1.54) is 9.75 Å². The van der Waals surface area contributed by atoms with Crippen LogP contribution in [0.3, 0.4) is 0 Å². The number of methoxy groups -OCH3 is 1. The highest BCUT2D eigenvalue weighted by Gasteiger charge is 2.10. The molecule has 2 rings (SSSR count). The fraction of sp³-hybridized carbons (Fsp3) is 0.389. The lowest BCUT2D eigenvalue weighted by Crippen LogP contribution is -2.39. The molecular formula is C18H25N3OS. The summed E-state index contributed by atoms with van der Waals surface area (Å²) in [5, 5.41) is 6.64. The van der Waals surface area contributed by atoms with E-state index in [1.54, 1.807) is 18.4 Å². The Morgan fingerprint density at radius 1 is 1.17 bits per heavy atom. The van der Waals surface area contributed by atoms with E-state index < -0.39 is 0 Å². The summed E-state index contributed by atoms with van der Waals surface area (Å²) in [6.07, 6.45) is 0.00374. The second-order valence-corrected chi connectivity index (χ2v) is 6.60. The summed E-state index contributed by atoms with van der Waals surface area (Å²) < 4.78 is 5.59. The van der Waals surface area contributed by atoms with Crippen molar-refractivity contribution in [3.8, 4) is 0 Å². The number of hydrogen-bond donors (Lipinski definition) is 2. The first-order valence-corrected chi connectivity index (χ1v) is 8.69. The number of rotatable bonds is 7. The second kappa shape index (κ2) is 9.33. The molecule has 0 saturated heterocycles. The van der Waals surface area contributed by atoms with Gasteiger partial charge in [0.2, 0.25) is 0 Å². The minimum atomic E-state index is 0.00374. The maximum absolute atomic E-state index is 5.59. The quantitative estimate of drug-likeness (QED) is 0.603. The molecule has 0 aliphatic carbocycles. The first-order valence-electron chi connectivity index (χ1n) is 7.88. The first kappa shape index (κ1) is 17.5. The zero-order chi connectivity index (χ0) is 16.5. The summed E-state index contributed by atoms with van der Waals surface area (Å²) in [4.78, 5) is 7.23. The zero-order valence-corrected chi connectivity index (χ0v) is 14.8. The van der Waals surface area contributed by atoms with Gasteiger partial charge < -0.3 is 15.4 Å². The molecule has 0 fully saturated rings. The molecule has 0 radical (unpaired) electrons. The molecule has 0 bridgehead atoms. The minimum Gasteiger partial charge on any atom is -0.375 e. The molecule has 1 atom stereocenters. The number of benzene rings is 1. The van der Waals surface area contributed by atoms with E-state index in [0.29, 0.717) is 13.1 Å². The lowest BCUT2D eigenvalue weighted by Gasteiger charge is -2.18. The van der Waals surface area contributed by atoms with E-state index in [1.807, 2.05) is 18.2 Å². The van der Waals surface area contributed by atoms with Crippen molar-refractivity contribution in [2.75, 3.05) is 20.2 Å². The Kier molecular flexibility index (Phi) is 7.10. The predicted octanol–water partition coefficient (Wildman–Crippen LogP) is 3.50. The average Bonchev–Trinajstić information content (AvgIpc) is 2.99. The van der Waals surface area contributed by atoms with Crippen molar-refractivity contribution in [3.63, 3.8) is 0 Å². The highest BCUT2D eigenvalue weighted by atomic mass is 32.1. The van der Waals surface area contributed by atoms with Crippen LogP contribution in [0, 0.1) is 6.92 Å². The van der Waals surface area contributed by atoms with Crippen LogP contribution in [0.1, 0.15) is 28.3 Å². The largest absolute Gasteiger partial charge is 0.375 e. The Morgan fingerprint density at radius 2 is 1.96 bits per heavy atom. The Morgan fingerprint density at radius 3 is 2.57 bits per heavy atom. The molecule has 0 saturated carbocycles. The van der Waals surface area contributed by atoms with Gasteiger partial charge in [-0.05, 0) is 31.5 Å². The fourth-order valence-corrected chi connectivity index (χ4v) is 3.08. The van der Waals surface area contributed by atoms with Gasteiger partial charge in [0.15, 0.2) is 5.96 Å². The monoisotopic (exact) mass is 331 g/mol. The number of aliphatic imine (C=N–C) groups is 1. The van der Waals surface area contributed by atoms with Crippen molar-refractivity contribution in [1.29, 1.82) is 0 Å². The molecule has 23 heavy (non-hydrogen) atoms. The van der Waals surface area contributed by atoms with E-state index in [2.05, 4.69) is 53.7 Å². The number of nitrogens with one attached hydrogen (secondary N) is 2. The van der Waals surface area contributed by atoms with Gasteiger partial charge in [-0.15, -0.1) is 11.3 Å². The van der Waals surface area contributed by atoms with Crippen molar-refractivity contribution < 1.29 is 4.74 Å². The SMILES string of the molecule is CCNC(=NCc1ccc(C)s1)NCC(OC)c1ccccc1. The summed E-state index contributed by atoms with van der Waals surface area (Å²) in [6.45, 7) is 6.38. The third-order valence-electron chi connectivity index (χ3n) is 3.44. The molecule has 124 valence electrons. The number of thiophene rings is 1. The molecule has 2 aromatic rings. The molecule has 1 aromatic carbocycles. The van der Waals surface area contributed by atoms with Crippen LogP contribution >= 0.6 is 11.3 Å². The van der Waals surface area contributed by atoms with Crippen LogP contribution in [0.25, 0.3) is 0 Å². The number of aryl methyl sites for hydroxylation is 1. The number of nitrogens with zero attached hydrogens (tertiary/aromatic N) is 1. The Balaban J connectivity index is 1.95. The molecule has 2 N–H and O–H groups in total. The van der Waals surface area contributed by atoms with Crippen molar-refractivity contribution in [2.24, 2.45) is 4.99 Å². The molecule has 0 aliphatic heterocycles. The fourth-order valence-electron chi connectivity index (χ4n) is 2.26. The van der Waals surface area contributed by atoms with Crippen LogP contribution in [-0.2, 0) is 11.3 Å². The summed E-state index contributed by atoms with van der Waals surface area (Å²) >= 11 is 1.79. The van der Waals surface area contributed by atoms with Gasteiger partial charge in [0.25, 0.3) is 0 Å². The molecule has 0 amide bonds. The standard InChI is InChI=1S/C18H25N3OS/c1-4-19-18(20-12-16-11-10-14(2)23-16)21-13-17(22-3)15-8-6-5-7-9-15/h5-11,17H,4,12-13H2,1-3H3,(H2,19,20,21). The van der Waals surface area contributed by atoms with E-state index in [9.17, 15) is 0 Å². The third-order valence-corrected chi connectivity index (χ3v) is 4.43. The number of hydrogen-bond acceptors (Lipinski definition) is 3. The van der Waals surface area contributed by atoms with Gasteiger partial charge in [-0.1, -0.05) is 30.3 Å². The van der Waals surface area contributed by atoms with Gasteiger partial charge in [0, 0.05) is 30.0 Å². The van der Waals surface area contributed by atoms with Crippen molar-refractivity contribution in [2.45, 2.75) is 26.5 Å². The second-order valence-electron chi connectivity index (χ2n) is 5.22. The van der Waals surface area contributed by atoms with Crippen LogP contribution in [0.2, 0.25) is 0 Å². The minimum absolute atomic E-state index is 0.00374. The van der Waals surface area contributed by atoms with E-state index >= 15 is 0 Å². The van der Waals surface area contributed by atoms with Crippen molar-refractivity contribution in [3.05, 3.63) is 57.8 Å². The van der Waals surface area contributed by atoms with Gasteiger partial charge >= 0.3 is 0 Å². The normalized spacial score (nSPS) is 12.9. The highest BCUT2D eigenvalue weighted by Crippen LogP contribution is 2.16. The highest BCUT2D eigenvalue weighted by molar-refractivity contribution is 7.11. The Bertz CT molecular complexity index is 610. The number of ether oxygens (including phenoxy) is 1. The van der Waals surface area contributed by atoms with Crippen LogP contribution in [0.4, 0.5) is 0 Å². The molecule has 0 spiro atoms. The number of guanidine groups is 1. The van der Waals surface area contributed by atoms with Gasteiger partial charge in [0.05, 0.1) is 12.6 Å². The van der Waals surface area contributed by atoms with Crippen LogP contribution in [0.5, 0.6) is 0 Å². The Hall–Kier alpha value is -1.85. The van der Waals surface area contributed by atoms with Crippen LogP contribution in [-0.4, -0.2) is 26.2 Å². The molecule has 0 aliphatic rings. The molecule has 1 heterocycles. The lowest BCUT2D eigenvalue weighted by molar-refractivity contribution is 0.106. The topological polar surface area (TPSA) is 45.7 Å². The average molecular weight is 331 g/mol. The molecule has 4 nitrogen and oxygen atoms in total. The summed E-state index contributed by atoms with van der Waals surface area (Å²) in [7, 11) is 1.73. The van der Waals surface area contributed by atoms with E-state index in [-0.39, 0.29) is 6.10 Å². The maximum Gasteiger partial charge on any atom is 0.191 e. The van der Waals surface area contributed by atoms with E-state index in [4.69, 9.17) is 4.74 Å². The smallest absolute Gasteiger partial charge is 0.191 e. The van der Waals surface area contributed by atoms with Crippen LogP contribution < -0.4 is 10.6 Å². The lowest BCUT2D eigenvalue weighted by atomic mass is 10.1. The summed E-state index contributed by atoms with van der Waals surface area (Å²) in [5.41, 5.74) is 1.16. The van der Waals surface area contributed by atoms with Gasteiger partial charge in [-0.2, -0.15) is 0 Å². The molecule has 1 aromatic heterocycles. The third kappa shape index (κ3) is 5.69. The van der Waals surface area contributed by atoms with Gasteiger partial charge in [-0.25, -0.2) is 4.99 Å². The zero-order valence-electron chi connectivity index (χ0n) is 14.0. The maximum atomic E-state index is 5.59.